The van der Waals surface area contributed by atoms with Crippen molar-refractivity contribution in [1.82, 2.24) is 4.31 Å². The molecule has 112 valence electrons. The molecule has 20 heavy (non-hydrogen) atoms. The van der Waals surface area contributed by atoms with Gasteiger partial charge in [-0.15, -0.1) is 0 Å². The van der Waals surface area contributed by atoms with Gasteiger partial charge in [0.15, 0.2) is 0 Å². The zero-order valence-corrected chi connectivity index (χ0v) is 12.5. The molecule has 0 amide bonds. The first kappa shape index (κ1) is 15.4. The smallest absolute Gasteiger partial charge is 0.243 e. The van der Waals surface area contributed by atoms with Crippen LogP contribution >= 0.6 is 0 Å². The van der Waals surface area contributed by atoms with E-state index >= 15 is 0 Å². The Morgan fingerprint density at radius 1 is 1.45 bits per heavy atom. The van der Waals surface area contributed by atoms with Crippen LogP contribution in [0.15, 0.2) is 29.2 Å². The quantitative estimate of drug-likeness (QED) is 0.929. The number of halogens is 1. The third-order valence-electron chi connectivity index (χ3n) is 3.82. The lowest BCUT2D eigenvalue weighted by Crippen LogP contribution is -2.50. The van der Waals surface area contributed by atoms with Gasteiger partial charge in [0.1, 0.15) is 5.82 Å². The van der Waals surface area contributed by atoms with Crippen LogP contribution in [0.1, 0.15) is 26.7 Å². The second-order valence-electron chi connectivity index (χ2n) is 5.51. The summed E-state index contributed by atoms with van der Waals surface area (Å²) >= 11 is 0. The number of sulfonamides is 1. The Hall–Kier alpha value is -0.980. The van der Waals surface area contributed by atoms with E-state index in [1.807, 2.05) is 6.92 Å². The number of rotatable bonds is 3. The molecule has 1 aromatic carbocycles. The number of piperidine rings is 1. The summed E-state index contributed by atoms with van der Waals surface area (Å²) in [5, 5.41) is 9.85. The Morgan fingerprint density at radius 3 is 2.75 bits per heavy atom. The minimum Gasteiger partial charge on any atom is -0.392 e. The van der Waals surface area contributed by atoms with Gasteiger partial charge in [0.25, 0.3) is 0 Å². The van der Waals surface area contributed by atoms with E-state index in [1.165, 1.54) is 22.5 Å². The van der Waals surface area contributed by atoms with Crippen LogP contribution < -0.4 is 0 Å². The van der Waals surface area contributed by atoms with Crippen LogP contribution in [0.5, 0.6) is 0 Å². The first-order valence-corrected chi connectivity index (χ1v) is 8.22. The average molecular weight is 301 g/mol. The average Bonchev–Trinajstić information content (AvgIpc) is 2.38. The lowest BCUT2D eigenvalue weighted by molar-refractivity contribution is 0.0676. The van der Waals surface area contributed by atoms with Crippen LogP contribution in [-0.4, -0.2) is 36.5 Å². The van der Waals surface area contributed by atoms with Gasteiger partial charge in [0.2, 0.25) is 10.0 Å². The number of nitrogens with zero attached hydrogens (tertiary/aromatic N) is 1. The van der Waals surface area contributed by atoms with Crippen LogP contribution in [-0.2, 0) is 10.0 Å². The zero-order valence-electron chi connectivity index (χ0n) is 11.7. The van der Waals surface area contributed by atoms with Crippen molar-refractivity contribution >= 4 is 10.0 Å². The SMILES string of the molecule is C[C@@H]1CCN(S(=O)(=O)c2cccc(F)c2)[C@@H]([C@H](C)O)C1. The van der Waals surface area contributed by atoms with Gasteiger partial charge in [-0.25, -0.2) is 12.8 Å². The van der Waals surface area contributed by atoms with E-state index in [0.717, 1.165) is 12.5 Å². The van der Waals surface area contributed by atoms with Crippen molar-refractivity contribution in [2.24, 2.45) is 5.92 Å². The molecule has 0 radical (unpaired) electrons. The maximum atomic E-state index is 13.3. The minimum atomic E-state index is -3.77. The number of aliphatic hydroxyl groups excluding tert-OH is 1. The Bertz CT molecular complexity index is 574. The van der Waals surface area contributed by atoms with Crippen LogP contribution in [0.2, 0.25) is 0 Å². The molecule has 1 fully saturated rings. The second kappa shape index (κ2) is 5.79. The van der Waals surface area contributed by atoms with Crippen molar-refractivity contribution in [3.63, 3.8) is 0 Å². The van der Waals surface area contributed by atoms with Crippen molar-refractivity contribution in [2.45, 2.75) is 43.7 Å². The molecule has 0 bridgehead atoms. The van der Waals surface area contributed by atoms with E-state index in [2.05, 4.69) is 0 Å². The molecule has 1 heterocycles. The number of hydrogen-bond donors (Lipinski definition) is 1. The van der Waals surface area contributed by atoms with Crippen molar-refractivity contribution in [2.75, 3.05) is 6.54 Å². The van der Waals surface area contributed by atoms with E-state index in [4.69, 9.17) is 0 Å². The van der Waals surface area contributed by atoms with E-state index in [9.17, 15) is 17.9 Å². The number of benzene rings is 1. The largest absolute Gasteiger partial charge is 0.392 e. The molecule has 1 aliphatic rings. The van der Waals surface area contributed by atoms with E-state index in [-0.39, 0.29) is 4.90 Å². The molecule has 0 spiro atoms. The fraction of sp³-hybridized carbons (Fsp3) is 0.571. The van der Waals surface area contributed by atoms with E-state index in [1.54, 1.807) is 6.92 Å². The monoisotopic (exact) mass is 301 g/mol. The maximum absolute atomic E-state index is 13.3. The summed E-state index contributed by atoms with van der Waals surface area (Å²) in [4.78, 5) is -0.0577. The Kier molecular flexibility index (Phi) is 4.46. The fourth-order valence-electron chi connectivity index (χ4n) is 2.66. The van der Waals surface area contributed by atoms with Gasteiger partial charge in [-0.05, 0) is 43.9 Å². The van der Waals surface area contributed by atoms with Gasteiger partial charge in [0.05, 0.1) is 17.0 Å². The molecule has 3 atom stereocenters. The maximum Gasteiger partial charge on any atom is 0.243 e. The fourth-order valence-corrected chi connectivity index (χ4v) is 4.41. The molecule has 2 rings (SSSR count). The first-order chi connectivity index (χ1) is 9.32. The van der Waals surface area contributed by atoms with Crippen molar-refractivity contribution in [3.05, 3.63) is 30.1 Å². The molecule has 1 N–H and O–H groups in total. The van der Waals surface area contributed by atoms with Crippen molar-refractivity contribution < 1.29 is 17.9 Å². The standard InChI is InChI=1S/C14H20FNO3S/c1-10-6-7-16(14(8-10)11(2)17)20(18,19)13-5-3-4-12(15)9-13/h3-5,9-11,14,17H,6-8H2,1-2H3/t10-,11+,14-/m1/s1. The Labute approximate surface area is 119 Å². The minimum absolute atomic E-state index is 0.0577. The summed E-state index contributed by atoms with van der Waals surface area (Å²) in [6.07, 6.45) is 0.616. The van der Waals surface area contributed by atoms with Gasteiger partial charge in [-0.1, -0.05) is 13.0 Å². The highest BCUT2D eigenvalue weighted by Crippen LogP contribution is 2.30. The summed E-state index contributed by atoms with van der Waals surface area (Å²) in [5.41, 5.74) is 0. The second-order valence-corrected chi connectivity index (χ2v) is 7.40. The van der Waals surface area contributed by atoms with Gasteiger partial charge in [0, 0.05) is 6.54 Å². The van der Waals surface area contributed by atoms with E-state index in [0.29, 0.717) is 18.9 Å². The number of hydrogen-bond acceptors (Lipinski definition) is 3. The highest BCUT2D eigenvalue weighted by atomic mass is 32.2. The zero-order chi connectivity index (χ0) is 14.9. The molecular weight excluding hydrogens is 281 g/mol. The molecule has 0 aliphatic carbocycles. The highest BCUT2D eigenvalue weighted by molar-refractivity contribution is 7.89. The summed E-state index contributed by atoms with van der Waals surface area (Å²) < 4.78 is 39.8. The van der Waals surface area contributed by atoms with Crippen LogP contribution in [0.4, 0.5) is 4.39 Å². The molecule has 4 nitrogen and oxygen atoms in total. The van der Waals surface area contributed by atoms with Crippen molar-refractivity contribution in [3.8, 4) is 0 Å². The molecule has 6 heteroatoms. The lowest BCUT2D eigenvalue weighted by atomic mass is 9.92. The normalized spacial score (nSPS) is 26.4. The third kappa shape index (κ3) is 3.02. The van der Waals surface area contributed by atoms with Gasteiger partial charge in [-0.2, -0.15) is 4.31 Å². The molecule has 1 aromatic rings. The van der Waals surface area contributed by atoms with Crippen molar-refractivity contribution in [1.29, 1.82) is 0 Å². The lowest BCUT2D eigenvalue weighted by Gasteiger charge is -2.39. The summed E-state index contributed by atoms with van der Waals surface area (Å²) in [6, 6.07) is 4.55. The molecule has 0 aromatic heterocycles. The summed E-state index contributed by atoms with van der Waals surface area (Å²) in [5.74, 6) is -0.210. The predicted molar refractivity (Wildman–Crippen MR) is 74.2 cm³/mol. The van der Waals surface area contributed by atoms with Crippen LogP contribution in [0.25, 0.3) is 0 Å². The van der Waals surface area contributed by atoms with Crippen LogP contribution in [0, 0.1) is 11.7 Å². The highest BCUT2D eigenvalue weighted by Gasteiger charge is 2.38. The topological polar surface area (TPSA) is 57.6 Å². The Balaban J connectivity index is 2.37. The Morgan fingerprint density at radius 2 is 2.15 bits per heavy atom. The third-order valence-corrected chi connectivity index (χ3v) is 5.74. The van der Waals surface area contributed by atoms with Crippen LogP contribution in [0.3, 0.4) is 0 Å². The van der Waals surface area contributed by atoms with Gasteiger partial charge < -0.3 is 5.11 Å². The molecule has 1 aliphatic heterocycles. The molecule has 0 saturated carbocycles. The first-order valence-electron chi connectivity index (χ1n) is 6.78. The predicted octanol–water partition coefficient (Wildman–Crippen LogP) is 2.00. The molecular formula is C14H20FNO3S. The molecule has 1 saturated heterocycles. The molecule has 0 unspecified atom stereocenters. The summed E-state index contributed by atoms with van der Waals surface area (Å²) in [6.45, 7) is 3.99. The number of aliphatic hydroxyl groups is 1. The summed E-state index contributed by atoms with van der Waals surface area (Å²) in [7, 11) is -3.77. The van der Waals surface area contributed by atoms with Gasteiger partial charge >= 0.3 is 0 Å². The van der Waals surface area contributed by atoms with Gasteiger partial charge in [-0.3, -0.25) is 0 Å². The van der Waals surface area contributed by atoms with E-state index < -0.39 is 28.0 Å².